The molecule has 0 atom stereocenters. The SMILES string of the molecule is COc1cccc(C=c2sc(=C(C#N)C(=O)Nc3ccc(Cl)cc3)n(-c3ccccc3)c2=O)c1. The molecule has 1 aromatic heterocycles. The number of halogens is 1. The van der Waals surface area contributed by atoms with Crippen molar-refractivity contribution in [1.29, 1.82) is 5.26 Å². The summed E-state index contributed by atoms with van der Waals surface area (Å²) in [4.78, 5) is 26.5. The maximum atomic E-state index is 13.4. The van der Waals surface area contributed by atoms with Crippen molar-refractivity contribution < 1.29 is 9.53 Å². The van der Waals surface area contributed by atoms with E-state index in [1.54, 1.807) is 67.8 Å². The number of thiazole rings is 1. The number of aromatic nitrogens is 1. The predicted molar refractivity (Wildman–Crippen MR) is 135 cm³/mol. The van der Waals surface area contributed by atoms with E-state index < -0.39 is 5.91 Å². The van der Waals surface area contributed by atoms with Gasteiger partial charge in [0.1, 0.15) is 16.5 Å². The van der Waals surface area contributed by atoms with E-state index in [1.807, 2.05) is 30.3 Å². The minimum atomic E-state index is -0.622. The zero-order valence-corrected chi connectivity index (χ0v) is 19.6. The number of anilines is 1. The molecule has 4 rings (SSSR count). The summed E-state index contributed by atoms with van der Waals surface area (Å²) in [6, 6.07) is 24.7. The van der Waals surface area contributed by atoms with Crippen LogP contribution in [0.5, 0.6) is 5.75 Å². The molecule has 0 fully saturated rings. The molecule has 168 valence electrons. The number of benzene rings is 3. The molecule has 0 aliphatic rings. The zero-order valence-electron chi connectivity index (χ0n) is 18.0. The summed E-state index contributed by atoms with van der Waals surface area (Å²) in [5, 5.41) is 13.1. The molecule has 8 heteroatoms. The van der Waals surface area contributed by atoms with Gasteiger partial charge in [-0.3, -0.25) is 14.2 Å². The van der Waals surface area contributed by atoms with Gasteiger partial charge in [0.05, 0.1) is 17.3 Å². The summed E-state index contributed by atoms with van der Waals surface area (Å²) in [7, 11) is 1.57. The van der Waals surface area contributed by atoms with Gasteiger partial charge in [0, 0.05) is 10.7 Å². The quantitative estimate of drug-likeness (QED) is 0.465. The first-order valence-corrected chi connectivity index (χ1v) is 11.3. The predicted octanol–water partition coefficient (Wildman–Crippen LogP) is 3.70. The zero-order chi connectivity index (χ0) is 24.1. The van der Waals surface area contributed by atoms with Crippen LogP contribution in [-0.2, 0) is 4.79 Å². The Kier molecular flexibility index (Phi) is 6.93. The van der Waals surface area contributed by atoms with Gasteiger partial charge in [-0.1, -0.05) is 41.9 Å². The molecule has 4 aromatic rings. The monoisotopic (exact) mass is 487 g/mol. The normalized spacial score (nSPS) is 12.1. The molecule has 0 bridgehead atoms. The van der Waals surface area contributed by atoms with Crippen molar-refractivity contribution in [3.8, 4) is 17.5 Å². The molecule has 0 saturated carbocycles. The number of hydrogen-bond acceptors (Lipinski definition) is 5. The molecule has 34 heavy (non-hydrogen) atoms. The van der Waals surface area contributed by atoms with Crippen LogP contribution < -0.4 is 24.8 Å². The lowest BCUT2D eigenvalue weighted by molar-refractivity contribution is -0.111. The van der Waals surface area contributed by atoms with Crippen LogP contribution in [0.1, 0.15) is 5.56 Å². The minimum Gasteiger partial charge on any atom is -0.497 e. The Hall–Kier alpha value is -4.12. The third-order valence-electron chi connectivity index (χ3n) is 4.88. The molecule has 1 heterocycles. The highest BCUT2D eigenvalue weighted by molar-refractivity contribution is 7.07. The fourth-order valence-electron chi connectivity index (χ4n) is 3.27. The van der Waals surface area contributed by atoms with Crippen LogP contribution in [-0.4, -0.2) is 17.6 Å². The van der Waals surface area contributed by atoms with Crippen molar-refractivity contribution in [2.24, 2.45) is 0 Å². The highest BCUT2D eigenvalue weighted by Crippen LogP contribution is 2.15. The van der Waals surface area contributed by atoms with Gasteiger partial charge in [-0.15, -0.1) is 11.3 Å². The van der Waals surface area contributed by atoms with E-state index in [1.165, 1.54) is 4.57 Å². The number of carbonyl (C=O) groups excluding carboxylic acids is 1. The fourth-order valence-corrected chi connectivity index (χ4v) is 4.49. The number of rotatable bonds is 5. The summed E-state index contributed by atoms with van der Waals surface area (Å²) < 4.78 is 7.26. The molecule has 3 aromatic carbocycles. The Morgan fingerprint density at radius 1 is 1.09 bits per heavy atom. The Labute approximate surface area is 204 Å². The molecular formula is C26H18ClN3O3S. The van der Waals surface area contributed by atoms with Crippen molar-refractivity contribution in [1.82, 2.24) is 4.57 Å². The second-order valence-corrected chi connectivity index (χ2v) is 8.58. The van der Waals surface area contributed by atoms with Gasteiger partial charge in [-0.2, -0.15) is 5.26 Å². The third-order valence-corrected chi connectivity index (χ3v) is 6.23. The first-order valence-electron chi connectivity index (χ1n) is 10.1. The molecule has 1 N–H and O–H groups in total. The van der Waals surface area contributed by atoms with E-state index in [0.29, 0.717) is 26.7 Å². The van der Waals surface area contributed by atoms with Crippen molar-refractivity contribution in [2.75, 3.05) is 12.4 Å². The van der Waals surface area contributed by atoms with Gasteiger partial charge < -0.3 is 10.1 Å². The summed E-state index contributed by atoms with van der Waals surface area (Å²) in [6.45, 7) is 0. The smallest absolute Gasteiger partial charge is 0.273 e. The van der Waals surface area contributed by atoms with Gasteiger partial charge in [-0.05, 0) is 60.2 Å². The number of nitrogens with zero attached hydrogens (tertiary/aromatic N) is 2. The molecular weight excluding hydrogens is 470 g/mol. The molecule has 0 saturated heterocycles. The van der Waals surface area contributed by atoms with E-state index in [-0.39, 0.29) is 15.8 Å². The van der Waals surface area contributed by atoms with Crippen molar-refractivity contribution in [2.45, 2.75) is 0 Å². The van der Waals surface area contributed by atoms with Crippen LogP contribution >= 0.6 is 22.9 Å². The first-order chi connectivity index (χ1) is 16.5. The van der Waals surface area contributed by atoms with Gasteiger partial charge in [0.25, 0.3) is 11.5 Å². The second kappa shape index (κ2) is 10.2. The minimum absolute atomic E-state index is 0.175. The number of nitriles is 1. The molecule has 0 unspecified atom stereocenters. The Balaban J connectivity index is 1.93. The summed E-state index contributed by atoms with van der Waals surface area (Å²) in [5.74, 6) is 0.0317. The summed E-state index contributed by atoms with van der Waals surface area (Å²) in [6.07, 6.45) is 1.71. The summed E-state index contributed by atoms with van der Waals surface area (Å²) >= 11 is 6.99. The molecule has 0 aliphatic carbocycles. The number of carbonyl (C=O) groups is 1. The van der Waals surface area contributed by atoms with Crippen molar-refractivity contribution in [3.63, 3.8) is 0 Å². The topological polar surface area (TPSA) is 84.1 Å². The highest BCUT2D eigenvalue weighted by Gasteiger charge is 2.17. The van der Waals surface area contributed by atoms with Crippen molar-refractivity contribution >= 4 is 46.2 Å². The van der Waals surface area contributed by atoms with E-state index in [9.17, 15) is 14.9 Å². The fraction of sp³-hybridized carbons (Fsp3) is 0.0385. The van der Waals surface area contributed by atoms with Gasteiger partial charge in [0.15, 0.2) is 5.57 Å². The van der Waals surface area contributed by atoms with E-state index >= 15 is 0 Å². The van der Waals surface area contributed by atoms with Crippen molar-refractivity contribution in [3.05, 3.63) is 109 Å². The standard InChI is InChI=1S/C26H18ClN3O3S/c1-33-21-9-5-6-17(14-21)15-23-25(32)30(20-7-3-2-4-8-20)26(34-23)22(16-28)24(31)29-19-12-10-18(27)11-13-19/h2-15H,1H3,(H,29,31). The summed E-state index contributed by atoms with van der Waals surface area (Å²) in [5.41, 5.74) is 1.28. The highest BCUT2D eigenvalue weighted by atomic mass is 35.5. The lowest BCUT2D eigenvalue weighted by Crippen LogP contribution is -2.32. The second-order valence-electron chi connectivity index (χ2n) is 7.12. The third kappa shape index (κ3) is 4.94. The van der Waals surface area contributed by atoms with Crippen LogP contribution in [0, 0.1) is 11.3 Å². The molecule has 0 spiro atoms. The Morgan fingerprint density at radius 2 is 1.82 bits per heavy atom. The number of hydrogen-bond donors (Lipinski definition) is 1. The van der Waals surface area contributed by atoms with Gasteiger partial charge >= 0.3 is 0 Å². The Bertz CT molecular complexity index is 1570. The maximum absolute atomic E-state index is 13.4. The molecule has 6 nitrogen and oxygen atoms in total. The van der Waals surface area contributed by atoms with Crippen LogP contribution in [0.3, 0.4) is 0 Å². The average molecular weight is 488 g/mol. The van der Waals surface area contributed by atoms with Crippen LogP contribution in [0.15, 0.2) is 83.7 Å². The lowest BCUT2D eigenvalue weighted by Gasteiger charge is -2.06. The lowest BCUT2D eigenvalue weighted by atomic mass is 10.2. The molecule has 0 aliphatic heterocycles. The molecule has 1 amide bonds. The van der Waals surface area contributed by atoms with Gasteiger partial charge in [-0.25, -0.2) is 0 Å². The van der Waals surface area contributed by atoms with Gasteiger partial charge in [0.2, 0.25) is 0 Å². The number of amides is 1. The Morgan fingerprint density at radius 3 is 2.50 bits per heavy atom. The first kappa shape index (κ1) is 23.1. The number of para-hydroxylation sites is 1. The van der Waals surface area contributed by atoms with E-state index in [4.69, 9.17) is 16.3 Å². The van der Waals surface area contributed by atoms with Crippen LogP contribution in [0.25, 0.3) is 17.3 Å². The number of ether oxygens (including phenoxy) is 1. The maximum Gasteiger partial charge on any atom is 0.273 e. The van der Waals surface area contributed by atoms with Crippen LogP contribution in [0.4, 0.5) is 5.69 Å². The largest absolute Gasteiger partial charge is 0.497 e. The number of nitrogens with one attached hydrogen (secondary N) is 1. The average Bonchev–Trinajstić information content (AvgIpc) is 3.17. The van der Waals surface area contributed by atoms with E-state index in [2.05, 4.69) is 5.32 Å². The van der Waals surface area contributed by atoms with Crippen LogP contribution in [0.2, 0.25) is 5.02 Å². The molecule has 0 radical (unpaired) electrons. The number of methoxy groups -OCH3 is 1. The van der Waals surface area contributed by atoms with E-state index in [0.717, 1.165) is 16.9 Å².